The van der Waals surface area contributed by atoms with Crippen molar-refractivity contribution in [2.24, 2.45) is 0 Å². The number of hydrogen-bond acceptors (Lipinski definition) is 3. The van der Waals surface area contributed by atoms with Crippen molar-refractivity contribution in [3.63, 3.8) is 0 Å². The van der Waals surface area contributed by atoms with Crippen LogP contribution in [0, 0.1) is 0 Å². The molecular formula is C16H18N4. The number of aromatic nitrogens is 3. The molecule has 0 spiro atoms. The van der Waals surface area contributed by atoms with Crippen LogP contribution < -0.4 is 5.73 Å². The normalized spacial score (nSPS) is 11.1. The van der Waals surface area contributed by atoms with Crippen molar-refractivity contribution in [3.8, 4) is 0 Å². The van der Waals surface area contributed by atoms with Gasteiger partial charge in [0.1, 0.15) is 0 Å². The van der Waals surface area contributed by atoms with Crippen LogP contribution in [0.4, 0.5) is 5.82 Å². The van der Waals surface area contributed by atoms with Gasteiger partial charge in [-0.15, -0.1) is 5.10 Å². The molecule has 4 heteroatoms. The van der Waals surface area contributed by atoms with Crippen LogP contribution in [0.2, 0.25) is 0 Å². The first-order valence-electron chi connectivity index (χ1n) is 6.94. The van der Waals surface area contributed by atoms with E-state index in [1.54, 1.807) is 0 Å². The lowest BCUT2D eigenvalue weighted by molar-refractivity contribution is 0.615. The summed E-state index contributed by atoms with van der Waals surface area (Å²) in [5.41, 5.74) is 8.17. The highest BCUT2D eigenvalue weighted by Crippen LogP contribution is 2.20. The second-order valence-corrected chi connectivity index (χ2v) is 4.97. The minimum atomic E-state index is 0.548. The molecule has 0 bridgehead atoms. The van der Waals surface area contributed by atoms with Crippen LogP contribution in [0.1, 0.15) is 24.6 Å². The van der Waals surface area contributed by atoms with Gasteiger partial charge in [-0.2, -0.15) is 0 Å². The first-order chi connectivity index (χ1) is 9.79. The lowest BCUT2D eigenvalue weighted by Crippen LogP contribution is -2.07. The summed E-state index contributed by atoms with van der Waals surface area (Å²) in [7, 11) is 0. The van der Waals surface area contributed by atoms with Gasteiger partial charge in [-0.05, 0) is 22.8 Å². The summed E-state index contributed by atoms with van der Waals surface area (Å²) in [4.78, 5) is 0. The average Bonchev–Trinajstić information content (AvgIpc) is 2.81. The molecule has 0 saturated carbocycles. The van der Waals surface area contributed by atoms with Crippen molar-refractivity contribution in [1.29, 1.82) is 0 Å². The molecule has 1 aromatic heterocycles. The van der Waals surface area contributed by atoms with Gasteiger partial charge in [0.15, 0.2) is 5.82 Å². The molecule has 20 heavy (non-hydrogen) atoms. The molecule has 2 aromatic carbocycles. The molecule has 0 fully saturated rings. The molecule has 0 atom stereocenters. The maximum Gasteiger partial charge on any atom is 0.169 e. The molecule has 0 radical (unpaired) electrons. The molecule has 3 aromatic rings. The van der Waals surface area contributed by atoms with Crippen molar-refractivity contribution < 1.29 is 0 Å². The summed E-state index contributed by atoms with van der Waals surface area (Å²) in [5.74, 6) is 0.548. The van der Waals surface area contributed by atoms with Crippen LogP contribution in [0.5, 0.6) is 0 Å². The Bertz CT molecular complexity index is 725. The predicted molar refractivity (Wildman–Crippen MR) is 81.5 cm³/mol. The minimum absolute atomic E-state index is 0.548. The standard InChI is InChI=1S/C16H18N4/c1-2-6-15-16(17)18-19-20(15)11-13-9-5-8-12-7-3-4-10-14(12)13/h3-5,7-10H,2,6,11,17H2,1H3. The monoisotopic (exact) mass is 266 g/mol. The van der Waals surface area contributed by atoms with E-state index in [9.17, 15) is 0 Å². The highest BCUT2D eigenvalue weighted by molar-refractivity contribution is 5.85. The second-order valence-electron chi connectivity index (χ2n) is 4.97. The number of anilines is 1. The average molecular weight is 266 g/mol. The molecule has 3 rings (SSSR count). The number of nitrogens with zero attached hydrogens (tertiary/aromatic N) is 3. The number of rotatable bonds is 4. The zero-order valence-corrected chi connectivity index (χ0v) is 11.6. The molecule has 0 unspecified atom stereocenters. The summed E-state index contributed by atoms with van der Waals surface area (Å²) < 4.78 is 1.92. The van der Waals surface area contributed by atoms with Crippen LogP contribution in [0.25, 0.3) is 10.8 Å². The number of benzene rings is 2. The van der Waals surface area contributed by atoms with Gasteiger partial charge < -0.3 is 5.73 Å². The zero-order chi connectivity index (χ0) is 13.9. The Kier molecular flexibility index (Phi) is 3.37. The first kappa shape index (κ1) is 12.7. The molecule has 0 aliphatic heterocycles. The molecule has 0 amide bonds. The van der Waals surface area contributed by atoms with Crippen molar-refractivity contribution >= 4 is 16.6 Å². The maximum absolute atomic E-state index is 5.90. The number of hydrogen-bond donors (Lipinski definition) is 1. The summed E-state index contributed by atoms with van der Waals surface area (Å²) in [6.07, 6.45) is 1.94. The van der Waals surface area contributed by atoms with Gasteiger partial charge in [0.2, 0.25) is 0 Å². The van der Waals surface area contributed by atoms with Crippen LogP contribution >= 0.6 is 0 Å². The van der Waals surface area contributed by atoms with E-state index in [-0.39, 0.29) is 0 Å². The van der Waals surface area contributed by atoms with E-state index in [4.69, 9.17) is 5.73 Å². The SMILES string of the molecule is CCCc1c(N)nnn1Cc1cccc2ccccc12. The van der Waals surface area contributed by atoms with Gasteiger partial charge in [-0.25, -0.2) is 4.68 Å². The Morgan fingerprint density at radius 2 is 1.90 bits per heavy atom. The van der Waals surface area contributed by atoms with Gasteiger partial charge in [0.25, 0.3) is 0 Å². The summed E-state index contributed by atoms with van der Waals surface area (Å²) >= 11 is 0. The number of nitrogens with two attached hydrogens (primary N) is 1. The third-order valence-corrected chi connectivity index (χ3v) is 3.55. The van der Waals surface area contributed by atoms with E-state index >= 15 is 0 Å². The first-order valence-corrected chi connectivity index (χ1v) is 6.94. The summed E-state index contributed by atoms with van der Waals surface area (Å²) in [6, 6.07) is 14.7. The van der Waals surface area contributed by atoms with Gasteiger partial charge in [0, 0.05) is 0 Å². The molecule has 0 aliphatic carbocycles. The minimum Gasteiger partial charge on any atom is -0.381 e. The fourth-order valence-electron chi connectivity index (χ4n) is 2.56. The van der Waals surface area contributed by atoms with Gasteiger partial charge in [-0.1, -0.05) is 61.0 Å². The van der Waals surface area contributed by atoms with Crippen LogP contribution in [-0.2, 0) is 13.0 Å². The molecule has 0 saturated heterocycles. The van der Waals surface area contributed by atoms with Crippen molar-refractivity contribution in [2.75, 3.05) is 5.73 Å². The third-order valence-electron chi connectivity index (χ3n) is 3.55. The van der Waals surface area contributed by atoms with E-state index < -0.39 is 0 Å². The van der Waals surface area contributed by atoms with Crippen molar-refractivity contribution in [2.45, 2.75) is 26.3 Å². The number of nitrogen functional groups attached to an aromatic ring is 1. The molecular weight excluding hydrogens is 248 g/mol. The largest absolute Gasteiger partial charge is 0.381 e. The third kappa shape index (κ3) is 2.25. The summed E-state index contributed by atoms with van der Waals surface area (Å²) in [6.45, 7) is 2.84. The molecule has 102 valence electrons. The fraction of sp³-hybridized carbons (Fsp3) is 0.250. The van der Waals surface area contributed by atoms with Crippen LogP contribution in [0.3, 0.4) is 0 Å². The quantitative estimate of drug-likeness (QED) is 0.789. The Morgan fingerprint density at radius 3 is 2.75 bits per heavy atom. The molecule has 4 nitrogen and oxygen atoms in total. The van der Waals surface area contributed by atoms with Crippen LogP contribution in [-0.4, -0.2) is 15.0 Å². The Balaban J connectivity index is 2.01. The van der Waals surface area contributed by atoms with E-state index in [2.05, 4.69) is 59.7 Å². The lowest BCUT2D eigenvalue weighted by Gasteiger charge is -2.09. The van der Waals surface area contributed by atoms with Crippen molar-refractivity contribution in [3.05, 3.63) is 53.7 Å². The molecule has 0 aliphatic rings. The van der Waals surface area contributed by atoms with E-state index in [1.807, 2.05) is 4.68 Å². The maximum atomic E-state index is 5.90. The smallest absolute Gasteiger partial charge is 0.169 e. The summed E-state index contributed by atoms with van der Waals surface area (Å²) in [5, 5.41) is 10.7. The van der Waals surface area contributed by atoms with Gasteiger partial charge in [-0.3, -0.25) is 0 Å². The van der Waals surface area contributed by atoms with Gasteiger partial charge in [0.05, 0.1) is 12.2 Å². The fourth-order valence-corrected chi connectivity index (χ4v) is 2.56. The molecule has 1 heterocycles. The van der Waals surface area contributed by atoms with E-state index in [0.29, 0.717) is 12.4 Å². The lowest BCUT2D eigenvalue weighted by atomic mass is 10.0. The Hall–Kier alpha value is -2.36. The second kappa shape index (κ2) is 5.33. The van der Waals surface area contributed by atoms with E-state index in [0.717, 1.165) is 18.5 Å². The topological polar surface area (TPSA) is 56.7 Å². The van der Waals surface area contributed by atoms with E-state index in [1.165, 1.54) is 16.3 Å². The van der Waals surface area contributed by atoms with Crippen LogP contribution in [0.15, 0.2) is 42.5 Å². The Labute approximate surface area is 118 Å². The van der Waals surface area contributed by atoms with Crippen molar-refractivity contribution in [1.82, 2.24) is 15.0 Å². The molecule has 2 N–H and O–H groups in total. The zero-order valence-electron chi connectivity index (χ0n) is 11.6. The predicted octanol–water partition coefficient (Wildman–Crippen LogP) is 3.01. The van der Waals surface area contributed by atoms with Gasteiger partial charge >= 0.3 is 0 Å². The highest BCUT2D eigenvalue weighted by atomic mass is 15.4. The number of fused-ring (bicyclic) bond motifs is 1. The Morgan fingerprint density at radius 1 is 1.10 bits per heavy atom. The highest BCUT2D eigenvalue weighted by Gasteiger charge is 2.10.